The molecule has 0 unspecified atom stereocenters. The summed E-state index contributed by atoms with van der Waals surface area (Å²) in [5.74, 6) is 0. The van der Waals surface area contributed by atoms with Gasteiger partial charge in [-0.3, -0.25) is 19.9 Å². The molecule has 104 valence electrons. The van der Waals surface area contributed by atoms with Gasteiger partial charge >= 0.3 is 0 Å². The Kier molecular flexibility index (Phi) is 4.22. The number of rotatable bonds is 4. The molecule has 18 heavy (non-hydrogen) atoms. The number of nitro groups is 1. The second kappa shape index (κ2) is 5.53. The summed E-state index contributed by atoms with van der Waals surface area (Å²) in [5, 5.41) is 10.9. The fraction of sp³-hybridized carbons (Fsp3) is 1.00. The van der Waals surface area contributed by atoms with Gasteiger partial charge in [0.2, 0.25) is 5.54 Å². The zero-order chi connectivity index (χ0) is 13.2. The van der Waals surface area contributed by atoms with Crippen LogP contribution < -0.4 is 0 Å². The maximum absolute atomic E-state index is 10.9. The van der Waals surface area contributed by atoms with Crippen LogP contribution in [0.15, 0.2) is 0 Å². The first kappa shape index (κ1) is 13.7. The first-order valence-corrected chi connectivity index (χ1v) is 7.10. The van der Waals surface area contributed by atoms with E-state index in [1.807, 2.05) is 0 Å². The smallest absolute Gasteiger partial charge is 0.229 e. The lowest BCUT2D eigenvalue weighted by Gasteiger charge is -2.39. The van der Waals surface area contributed by atoms with Crippen molar-refractivity contribution in [2.45, 2.75) is 51.1 Å². The van der Waals surface area contributed by atoms with Crippen molar-refractivity contribution in [3.8, 4) is 0 Å². The van der Waals surface area contributed by atoms with Gasteiger partial charge in [-0.1, -0.05) is 12.8 Å². The Hall–Kier alpha value is -0.680. The molecule has 1 saturated carbocycles. The molecule has 0 radical (unpaired) electrons. The van der Waals surface area contributed by atoms with Crippen molar-refractivity contribution in [1.82, 2.24) is 9.80 Å². The topological polar surface area (TPSA) is 49.6 Å². The second-order valence-electron chi connectivity index (χ2n) is 6.32. The van der Waals surface area contributed by atoms with Crippen LogP contribution in [0.3, 0.4) is 0 Å². The van der Waals surface area contributed by atoms with Crippen molar-refractivity contribution in [1.29, 1.82) is 0 Å². The van der Waals surface area contributed by atoms with Crippen LogP contribution in [0.1, 0.15) is 39.5 Å². The molecule has 2 rings (SSSR count). The van der Waals surface area contributed by atoms with Gasteiger partial charge in [0.05, 0.1) is 6.54 Å². The van der Waals surface area contributed by atoms with Crippen LogP contribution in [-0.4, -0.2) is 59.0 Å². The van der Waals surface area contributed by atoms with Crippen molar-refractivity contribution in [2.75, 3.05) is 32.7 Å². The summed E-state index contributed by atoms with van der Waals surface area (Å²) in [7, 11) is 0. The summed E-state index contributed by atoms with van der Waals surface area (Å²) in [6.45, 7) is 8.13. The Balaban J connectivity index is 1.78. The zero-order valence-corrected chi connectivity index (χ0v) is 11.6. The van der Waals surface area contributed by atoms with E-state index in [2.05, 4.69) is 9.80 Å². The molecule has 5 heteroatoms. The van der Waals surface area contributed by atoms with E-state index in [1.54, 1.807) is 13.8 Å². The van der Waals surface area contributed by atoms with Gasteiger partial charge in [-0.05, 0) is 12.8 Å². The highest BCUT2D eigenvalue weighted by atomic mass is 16.6. The van der Waals surface area contributed by atoms with Crippen molar-refractivity contribution in [2.24, 2.45) is 0 Å². The van der Waals surface area contributed by atoms with Gasteiger partial charge in [-0.25, -0.2) is 0 Å². The molecule has 1 saturated heterocycles. The summed E-state index contributed by atoms with van der Waals surface area (Å²) in [4.78, 5) is 15.6. The Morgan fingerprint density at radius 1 is 1.17 bits per heavy atom. The molecule has 0 N–H and O–H groups in total. The predicted molar refractivity (Wildman–Crippen MR) is 71.3 cm³/mol. The lowest BCUT2D eigenvalue weighted by Crippen LogP contribution is -2.54. The van der Waals surface area contributed by atoms with Gasteiger partial charge in [0.1, 0.15) is 0 Å². The molecule has 0 atom stereocenters. The van der Waals surface area contributed by atoms with E-state index in [0.29, 0.717) is 6.54 Å². The molecule has 1 aliphatic carbocycles. The molecular weight excluding hydrogens is 230 g/mol. The van der Waals surface area contributed by atoms with Gasteiger partial charge in [0.15, 0.2) is 0 Å². The lowest BCUT2D eigenvalue weighted by molar-refractivity contribution is -0.561. The Bertz CT molecular complexity index is 293. The third kappa shape index (κ3) is 3.20. The average molecular weight is 255 g/mol. The standard InChI is InChI=1S/C13H25N3O2/c1-13(2,16(17)18)11-14-7-9-15(10-8-14)12-5-3-4-6-12/h12H,3-11H2,1-2H3. The molecule has 5 nitrogen and oxygen atoms in total. The maximum Gasteiger partial charge on any atom is 0.229 e. The van der Waals surface area contributed by atoms with E-state index in [-0.39, 0.29) is 4.92 Å². The molecule has 0 bridgehead atoms. The number of piperazine rings is 1. The molecule has 1 aliphatic heterocycles. The van der Waals surface area contributed by atoms with Crippen molar-refractivity contribution in [3.05, 3.63) is 10.1 Å². The summed E-state index contributed by atoms with van der Waals surface area (Å²) >= 11 is 0. The highest BCUT2D eigenvalue weighted by molar-refractivity contribution is 4.84. The molecule has 0 aromatic carbocycles. The molecular formula is C13H25N3O2. The Labute approximate surface area is 109 Å². The van der Waals surface area contributed by atoms with Crippen LogP contribution in [-0.2, 0) is 0 Å². The zero-order valence-electron chi connectivity index (χ0n) is 11.6. The number of nitrogens with zero attached hydrogens (tertiary/aromatic N) is 3. The van der Waals surface area contributed by atoms with Crippen molar-refractivity contribution >= 4 is 0 Å². The van der Waals surface area contributed by atoms with Gasteiger partial charge in [0, 0.05) is 51.0 Å². The summed E-state index contributed by atoms with van der Waals surface area (Å²) in [6.07, 6.45) is 5.44. The molecule has 2 aliphatic rings. The van der Waals surface area contributed by atoms with E-state index in [9.17, 15) is 10.1 Å². The van der Waals surface area contributed by atoms with Crippen LogP contribution in [0.4, 0.5) is 0 Å². The Morgan fingerprint density at radius 3 is 2.22 bits per heavy atom. The van der Waals surface area contributed by atoms with E-state index in [0.717, 1.165) is 32.2 Å². The number of hydrogen-bond acceptors (Lipinski definition) is 4. The third-order valence-electron chi connectivity index (χ3n) is 4.35. The van der Waals surface area contributed by atoms with Gasteiger partial charge in [0.25, 0.3) is 0 Å². The van der Waals surface area contributed by atoms with Crippen LogP contribution in [0.25, 0.3) is 0 Å². The van der Waals surface area contributed by atoms with Gasteiger partial charge < -0.3 is 0 Å². The van der Waals surface area contributed by atoms with Crippen molar-refractivity contribution < 1.29 is 4.92 Å². The third-order valence-corrected chi connectivity index (χ3v) is 4.35. The van der Waals surface area contributed by atoms with Crippen LogP contribution in [0, 0.1) is 10.1 Å². The van der Waals surface area contributed by atoms with Gasteiger partial charge in [-0.15, -0.1) is 0 Å². The minimum atomic E-state index is -0.824. The van der Waals surface area contributed by atoms with E-state index in [4.69, 9.17) is 0 Å². The monoisotopic (exact) mass is 255 g/mol. The fourth-order valence-electron chi connectivity index (χ4n) is 3.16. The minimum absolute atomic E-state index is 0.156. The molecule has 1 heterocycles. The largest absolute Gasteiger partial charge is 0.298 e. The fourth-order valence-corrected chi connectivity index (χ4v) is 3.16. The summed E-state index contributed by atoms with van der Waals surface area (Å²) in [5.41, 5.74) is -0.824. The molecule has 2 fully saturated rings. The van der Waals surface area contributed by atoms with Crippen LogP contribution in [0.2, 0.25) is 0 Å². The lowest BCUT2D eigenvalue weighted by atomic mass is 10.1. The molecule has 0 amide bonds. The van der Waals surface area contributed by atoms with E-state index in [1.165, 1.54) is 25.7 Å². The second-order valence-corrected chi connectivity index (χ2v) is 6.32. The van der Waals surface area contributed by atoms with E-state index >= 15 is 0 Å². The molecule has 0 aromatic rings. The predicted octanol–water partition coefficient (Wildman–Crippen LogP) is 1.60. The SMILES string of the molecule is CC(C)(CN1CCN(C2CCCC2)CC1)[N+](=O)[O-]. The minimum Gasteiger partial charge on any atom is -0.298 e. The highest BCUT2D eigenvalue weighted by Crippen LogP contribution is 2.24. The summed E-state index contributed by atoms with van der Waals surface area (Å²) < 4.78 is 0. The normalized spacial score (nSPS) is 24.6. The van der Waals surface area contributed by atoms with Crippen LogP contribution in [0.5, 0.6) is 0 Å². The van der Waals surface area contributed by atoms with Crippen molar-refractivity contribution in [3.63, 3.8) is 0 Å². The number of hydrogen-bond donors (Lipinski definition) is 0. The quantitative estimate of drug-likeness (QED) is 0.565. The highest BCUT2D eigenvalue weighted by Gasteiger charge is 2.35. The maximum atomic E-state index is 10.9. The van der Waals surface area contributed by atoms with Gasteiger partial charge in [-0.2, -0.15) is 0 Å². The average Bonchev–Trinajstić information content (AvgIpc) is 2.83. The van der Waals surface area contributed by atoms with E-state index < -0.39 is 5.54 Å². The summed E-state index contributed by atoms with van der Waals surface area (Å²) in [6, 6.07) is 0.788. The first-order valence-electron chi connectivity index (χ1n) is 7.10. The Morgan fingerprint density at radius 2 is 1.72 bits per heavy atom. The van der Waals surface area contributed by atoms with Crippen LogP contribution >= 0.6 is 0 Å². The molecule has 0 spiro atoms. The first-order chi connectivity index (χ1) is 8.49. The molecule has 0 aromatic heterocycles.